The minimum atomic E-state index is -3.25. The van der Waals surface area contributed by atoms with E-state index >= 15 is 0 Å². The van der Waals surface area contributed by atoms with E-state index < -0.39 is 10.0 Å². The summed E-state index contributed by atoms with van der Waals surface area (Å²) in [5.74, 6) is 0. The van der Waals surface area contributed by atoms with E-state index in [1.807, 2.05) is 19.1 Å². The Balaban J connectivity index is 1.97. The molecule has 128 valence electrons. The first-order valence-electron chi connectivity index (χ1n) is 7.78. The summed E-state index contributed by atoms with van der Waals surface area (Å²) in [7, 11) is -3.25. The number of aromatic nitrogens is 1. The lowest BCUT2D eigenvalue weighted by Gasteiger charge is -2.36. The van der Waals surface area contributed by atoms with Gasteiger partial charge in [0.15, 0.2) is 0 Å². The molecule has 1 aromatic heterocycles. The summed E-state index contributed by atoms with van der Waals surface area (Å²) in [5.41, 5.74) is 0.983. The van der Waals surface area contributed by atoms with Crippen molar-refractivity contribution >= 4 is 16.1 Å². The van der Waals surface area contributed by atoms with Crippen LogP contribution in [-0.4, -0.2) is 49.7 Å². The number of nitrogens with one attached hydrogen (secondary N) is 2. The zero-order valence-electron chi connectivity index (χ0n) is 13.5. The number of carbonyl (C=O) groups excluding carboxylic acids is 1. The second-order valence-electron chi connectivity index (χ2n) is 5.92. The first-order chi connectivity index (χ1) is 10.9. The van der Waals surface area contributed by atoms with Gasteiger partial charge in [-0.15, -0.1) is 0 Å². The van der Waals surface area contributed by atoms with E-state index in [1.165, 1.54) is 0 Å². The lowest BCUT2D eigenvalue weighted by molar-refractivity contribution is 0.149. The van der Waals surface area contributed by atoms with E-state index in [-0.39, 0.29) is 24.7 Å². The molecule has 0 unspecified atom stereocenters. The van der Waals surface area contributed by atoms with Crippen LogP contribution in [0.25, 0.3) is 0 Å². The van der Waals surface area contributed by atoms with Gasteiger partial charge in [-0.05, 0) is 43.9 Å². The van der Waals surface area contributed by atoms with Gasteiger partial charge in [-0.3, -0.25) is 4.98 Å². The molecule has 0 saturated carbocycles. The number of hydrogen-bond acceptors (Lipinski definition) is 4. The van der Waals surface area contributed by atoms with Crippen LogP contribution < -0.4 is 10.0 Å². The minimum Gasteiger partial charge on any atom is -0.331 e. The van der Waals surface area contributed by atoms with Crippen LogP contribution in [0, 0.1) is 0 Å². The van der Waals surface area contributed by atoms with Crippen molar-refractivity contribution in [3.8, 4) is 0 Å². The summed E-state index contributed by atoms with van der Waals surface area (Å²) in [6.45, 7) is 2.82. The smallest absolute Gasteiger partial charge is 0.318 e. The third kappa shape index (κ3) is 5.47. The fourth-order valence-electron chi connectivity index (χ4n) is 2.73. The van der Waals surface area contributed by atoms with E-state index in [1.54, 1.807) is 17.3 Å². The maximum Gasteiger partial charge on any atom is 0.318 e. The average Bonchev–Trinajstić information content (AvgIpc) is 2.53. The summed E-state index contributed by atoms with van der Waals surface area (Å²) in [6.07, 6.45) is 7.26. The molecule has 2 amide bonds. The number of carbonyl (C=O) groups is 1. The van der Waals surface area contributed by atoms with E-state index in [0.717, 1.165) is 31.1 Å². The molecule has 0 radical (unpaired) electrons. The summed E-state index contributed by atoms with van der Waals surface area (Å²) in [5, 5.41) is 2.98. The molecule has 8 heteroatoms. The number of pyridine rings is 1. The van der Waals surface area contributed by atoms with Crippen molar-refractivity contribution in [2.75, 3.05) is 19.3 Å². The second-order valence-corrected chi connectivity index (χ2v) is 7.75. The third-order valence-corrected chi connectivity index (χ3v) is 4.71. The normalized spacial score (nSPS) is 20.1. The molecule has 2 rings (SSSR count). The zero-order chi connectivity index (χ0) is 16.9. The van der Waals surface area contributed by atoms with Crippen LogP contribution in [-0.2, 0) is 10.0 Å². The Labute approximate surface area is 137 Å². The number of rotatable bonds is 5. The number of likely N-dealkylation sites (tertiary alicyclic amines) is 1. The highest BCUT2D eigenvalue weighted by molar-refractivity contribution is 7.88. The molecule has 7 nitrogen and oxygen atoms in total. The Morgan fingerprint density at radius 2 is 2.09 bits per heavy atom. The highest BCUT2D eigenvalue weighted by Gasteiger charge is 2.28. The lowest BCUT2D eigenvalue weighted by Crippen LogP contribution is -2.53. The average molecular weight is 340 g/mol. The molecule has 2 atom stereocenters. The standard InChI is InChI=1S/C15H24N4O3S/c1-12(13-6-8-16-9-7-13)18-15(20)19-10-4-3-5-14(19)11-17-23(2,21)22/h6-9,12,14,17H,3-5,10-11H2,1-2H3,(H,18,20)/t12-,14-/m0/s1. The molecule has 1 fully saturated rings. The predicted octanol–water partition coefficient (Wildman–Crippen LogP) is 1.26. The van der Waals surface area contributed by atoms with Gasteiger partial charge in [0.2, 0.25) is 10.0 Å². The van der Waals surface area contributed by atoms with E-state index in [0.29, 0.717) is 6.54 Å². The van der Waals surface area contributed by atoms with Crippen LogP contribution in [0.2, 0.25) is 0 Å². The number of sulfonamides is 1. The Bertz CT molecular complexity index is 621. The molecule has 0 spiro atoms. The predicted molar refractivity (Wildman–Crippen MR) is 88.4 cm³/mol. The van der Waals surface area contributed by atoms with Crippen LogP contribution in [0.3, 0.4) is 0 Å². The molecule has 1 aromatic rings. The third-order valence-electron chi connectivity index (χ3n) is 4.02. The summed E-state index contributed by atoms with van der Waals surface area (Å²) in [4.78, 5) is 18.2. The van der Waals surface area contributed by atoms with E-state index in [4.69, 9.17) is 0 Å². The number of nitrogens with zero attached hydrogens (tertiary/aromatic N) is 2. The van der Waals surface area contributed by atoms with Gasteiger partial charge in [0.05, 0.1) is 12.3 Å². The molecule has 0 aliphatic carbocycles. The highest BCUT2D eigenvalue weighted by Crippen LogP contribution is 2.18. The minimum absolute atomic E-state index is 0.108. The van der Waals surface area contributed by atoms with Crippen molar-refractivity contribution in [2.45, 2.75) is 38.3 Å². The van der Waals surface area contributed by atoms with Crippen molar-refractivity contribution in [3.05, 3.63) is 30.1 Å². The van der Waals surface area contributed by atoms with Gasteiger partial charge >= 0.3 is 6.03 Å². The fraction of sp³-hybridized carbons (Fsp3) is 0.600. The molecule has 1 aliphatic rings. The first kappa shape index (κ1) is 17.7. The molecular formula is C15H24N4O3S. The maximum absolute atomic E-state index is 12.5. The Morgan fingerprint density at radius 1 is 1.39 bits per heavy atom. The molecule has 23 heavy (non-hydrogen) atoms. The van der Waals surface area contributed by atoms with Crippen molar-refractivity contribution in [3.63, 3.8) is 0 Å². The molecule has 0 bridgehead atoms. The van der Waals surface area contributed by atoms with Crippen molar-refractivity contribution in [2.24, 2.45) is 0 Å². The number of amides is 2. The van der Waals surface area contributed by atoms with Gasteiger partial charge in [0.1, 0.15) is 0 Å². The molecule has 1 saturated heterocycles. The first-order valence-corrected chi connectivity index (χ1v) is 9.67. The number of urea groups is 1. The van der Waals surface area contributed by atoms with Crippen molar-refractivity contribution in [1.29, 1.82) is 0 Å². The zero-order valence-corrected chi connectivity index (χ0v) is 14.3. The van der Waals surface area contributed by atoms with Crippen LogP contribution >= 0.6 is 0 Å². The Morgan fingerprint density at radius 3 is 2.74 bits per heavy atom. The van der Waals surface area contributed by atoms with E-state index in [9.17, 15) is 13.2 Å². The summed E-state index contributed by atoms with van der Waals surface area (Å²) < 4.78 is 25.1. The van der Waals surface area contributed by atoms with Crippen molar-refractivity contribution < 1.29 is 13.2 Å². The Hall–Kier alpha value is -1.67. The number of hydrogen-bond donors (Lipinski definition) is 2. The largest absolute Gasteiger partial charge is 0.331 e. The molecule has 2 heterocycles. The second kappa shape index (κ2) is 7.74. The topological polar surface area (TPSA) is 91.4 Å². The maximum atomic E-state index is 12.5. The summed E-state index contributed by atoms with van der Waals surface area (Å²) in [6, 6.07) is 3.33. The highest BCUT2D eigenvalue weighted by atomic mass is 32.2. The van der Waals surface area contributed by atoms with E-state index in [2.05, 4.69) is 15.0 Å². The van der Waals surface area contributed by atoms with Crippen LogP contribution in [0.1, 0.15) is 37.8 Å². The van der Waals surface area contributed by atoms with Gasteiger partial charge in [-0.25, -0.2) is 17.9 Å². The van der Waals surface area contributed by atoms with Gasteiger partial charge in [-0.1, -0.05) is 0 Å². The SMILES string of the molecule is C[C@H](NC(=O)N1CCCC[C@H]1CNS(C)(=O)=O)c1ccncc1. The van der Waals surface area contributed by atoms with Gasteiger partial charge in [0.25, 0.3) is 0 Å². The van der Waals surface area contributed by atoms with Gasteiger partial charge in [-0.2, -0.15) is 0 Å². The fourth-order valence-corrected chi connectivity index (χ4v) is 3.23. The quantitative estimate of drug-likeness (QED) is 0.844. The van der Waals surface area contributed by atoms with Gasteiger partial charge in [0, 0.05) is 31.5 Å². The van der Waals surface area contributed by atoms with Crippen LogP contribution in [0.5, 0.6) is 0 Å². The Kier molecular flexibility index (Phi) is 5.95. The molecule has 1 aliphatic heterocycles. The van der Waals surface area contributed by atoms with Gasteiger partial charge < -0.3 is 10.2 Å². The monoisotopic (exact) mass is 340 g/mol. The molecule has 0 aromatic carbocycles. The van der Waals surface area contributed by atoms with Crippen LogP contribution in [0.4, 0.5) is 4.79 Å². The lowest BCUT2D eigenvalue weighted by atomic mass is 10.0. The van der Waals surface area contributed by atoms with Crippen LogP contribution in [0.15, 0.2) is 24.5 Å². The number of piperidine rings is 1. The molecular weight excluding hydrogens is 316 g/mol. The summed E-state index contributed by atoms with van der Waals surface area (Å²) >= 11 is 0. The molecule has 2 N–H and O–H groups in total. The van der Waals surface area contributed by atoms with Crippen molar-refractivity contribution in [1.82, 2.24) is 19.9 Å².